The zero-order valence-electron chi connectivity index (χ0n) is 9.54. The molecule has 3 N–H and O–H groups in total. The number of nitrogens with one attached hydrogen (secondary N) is 1. The molecule has 0 amide bonds. The van der Waals surface area contributed by atoms with Gasteiger partial charge in [-0.2, -0.15) is 0 Å². The number of aliphatic hydroxyl groups excluding tert-OH is 2. The largest absolute Gasteiger partial charge is 0.394 e. The molecular weight excluding hydrogens is 308 g/mol. The summed E-state index contributed by atoms with van der Waals surface area (Å²) in [6, 6.07) is 0. The summed E-state index contributed by atoms with van der Waals surface area (Å²) in [6.45, 7) is 1.21. The maximum Gasteiger partial charge on any atom is 0.330 e. The fourth-order valence-electron chi connectivity index (χ4n) is 1.85. The molecule has 0 unspecified atom stereocenters. The van der Waals surface area contributed by atoms with Crippen molar-refractivity contribution in [3.05, 3.63) is 32.6 Å². The lowest BCUT2D eigenvalue weighted by atomic mass is 10.2. The number of alkyl halides is 1. The lowest BCUT2D eigenvalue weighted by Crippen LogP contribution is -2.36. The van der Waals surface area contributed by atoms with Crippen molar-refractivity contribution in [1.82, 2.24) is 9.55 Å². The average Bonchev–Trinajstić information content (AvgIpc) is 2.61. The first-order valence-electron chi connectivity index (χ1n) is 5.36. The molecular formula is C10H13BrN2O5. The molecule has 1 aliphatic rings. The Kier molecular flexibility index (Phi) is 3.71. The zero-order chi connectivity index (χ0) is 13.4. The molecule has 1 aromatic rings. The third kappa shape index (κ3) is 2.16. The molecule has 7 nitrogen and oxygen atoms in total. The molecule has 0 radical (unpaired) electrons. The molecule has 1 saturated heterocycles. The second-order valence-corrected chi connectivity index (χ2v) is 5.22. The summed E-state index contributed by atoms with van der Waals surface area (Å²) in [5.74, 6) is 0. The minimum atomic E-state index is -0.931. The van der Waals surface area contributed by atoms with Crippen LogP contribution in [0, 0.1) is 6.92 Å². The second kappa shape index (κ2) is 4.96. The first-order valence-corrected chi connectivity index (χ1v) is 6.27. The van der Waals surface area contributed by atoms with Crippen molar-refractivity contribution in [1.29, 1.82) is 0 Å². The lowest BCUT2D eigenvalue weighted by Gasteiger charge is -2.17. The van der Waals surface area contributed by atoms with Crippen LogP contribution in [0.2, 0.25) is 0 Å². The highest BCUT2D eigenvalue weighted by atomic mass is 79.9. The van der Waals surface area contributed by atoms with E-state index in [1.54, 1.807) is 6.92 Å². The number of aromatic amines is 1. The van der Waals surface area contributed by atoms with Crippen LogP contribution in [-0.2, 0) is 4.74 Å². The Morgan fingerprint density at radius 2 is 2.22 bits per heavy atom. The van der Waals surface area contributed by atoms with Crippen LogP contribution in [-0.4, -0.2) is 43.4 Å². The predicted molar refractivity (Wildman–Crippen MR) is 65.8 cm³/mol. The number of ether oxygens (including phenoxy) is 1. The van der Waals surface area contributed by atoms with Gasteiger partial charge in [-0.05, 0) is 6.92 Å². The Balaban J connectivity index is 2.42. The van der Waals surface area contributed by atoms with Crippen LogP contribution in [0.15, 0.2) is 15.8 Å². The molecule has 0 spiro atoms. The van der Waals surface area contributed by atoms with Crippen molar-refractivity contribution < 1.29 is 14.9 Å². The molecule has 1 aromatic heterocycles. The van der Waals surface area contributed by atoms with Gasteiger partial charge in [0, 0.05) is 11.8 Å². The number of aromatic nitrogens is 2. The molecule has 0 saturated carbocycles. The Labute approximate surface area is 110 Å². The maximum absolute atomic E-state index is 11.7. The smallest absolute Gasteiger partial charge is 0.330 e. The number of H-pyrrole nitrogens is 1. The van der Waals surface area contributed by atoms with Crippen LogP contribution in [0.5, 0.6) is 0 Å². The maximum atomic E-state index is 11.7. The van der Waals surface area contributed by atoms with E-state index in [9.17, 15) is 14.7 Å². The highest BCUT2D eigenvalue weighted by Gasteiger charge is 2.43. The Morgan fingerprint density at radius 3 is 2.78 bits per heavy atom. The fraction of sp³-hybridized carbons (Fsp3) is 0.600. The average molecular weight is 321 g/mol. The molecule has 1 fully saturated rings. The highest BCUT2D eigenvalue weighted by molar-refractivity contribution is 9.09. The Bertz CT molecular complexity index is 554. The van der Waals surface area contributed by atoms with Crippen molar-refractivity contribution in [2.75, 3.05) is 6.61 Å². The highest BCUT2D eigenvalue weighted by Crippen LogP contribution is 2.33. The molecule has 0 aliphatic carbocycles. The molecule has 2 heterocycles. The van der Waals surface area contributed by atoms with E-state index in [0.717, 1.165) is 0 Å². The van der Waals surface area contributed by atoms with E-state index in [1.165, 1.54) is 10.8 Å². The fourth-order valence-corrected chi connectivity index (χ4v) is 2.57. The number of hydrogen-bond acceptors (Lipinski definition) is 5. The van der Waals surface area contributed by atoms with E-state index in [4.69, 9.17) is 9.84 Å². The summed E-state index contributed by atoms with van der Waals surface area (Å²) < 4.78 is 6.58. The quantitative estimate of drug-likeness (QED) is 0.597. The van der Waals surface area contributed by atoms with Crippen LogP contribution in [0.1, 0.15) is 11.8 Å². The third-order valence-electron chi connectivity index (χ3n) is 2.89. The van der Waals surface area contributed by atoms with Gasteiger partial charge in [-0.1, -0.05) is 15.9 Å². The molecule has 8 heteroatoms. The lowest BCUT2D eigenvalue weighted by molar-refractivity contribution is -0.0457. The monoisotopic (exact) mass is 320 g/mol. The summed E-state index contributed by atoms with van der Waals surface area (Å²) in [6.07, 6.45) is -1.11. The SMILES string of the molecule is Cc1cn([C@@H]2O[C@H](CO)[C@@H](O)[C@H]2Br)c(=O)[nH]c1=O. The summed E-state index contributed by atoms with van der Waals surface area (Å²) in [5.41, 5.74) is -0.717. The summed E-state index contributed by atoms with van der Waals surface area (Å²) in [5, 5.41) is 18.8. The summed E-state index contributed by atoms with van der Waals surface area (Å²) in [7, 11) is 0. The van der Waals surface area contributed by atoms with Crippen LogP contribution in [0.25, 0.3) is 0 Å². The van der Waals surface area contributed by atoms with Gasteiger partial charge < -0.3 is 14.9 Å². The third-order valence-corrected chi connectivity index (χ3v) is 3.89. The summed E-state index contributed by atoms with van der Waals surface area (Å²) >= 11 is 3.23. The number of aryl methyl sites for hydroxylation is 1. The van der Waals surface area contributed by atoms with Crippen molar-refractivity contribution in [3.63, 3.8) is 0 Å². The van der Waals surface area contributed by atoms with E-state index in [2.05, 4.69) is 20.9 Å². The molecule has 18 heavy (non-hydrogen) atoms. The number of hydrogen-bond donors (Lipinski definition) is 3. The first-order chi connectivity index (χ1) is 8.45. The van der Waals surface area contributed by atoms with Crippen LogP contribution in [0.3, 0.4) is 0 Å². The normalized spacial score (nSPS) is 31.8. The number of nitrogens with zero attached hydrogens (tertiary/aromatic N) is 1. The molecule has 1 aliphatic heterocycles. The van der Waals surface area contributed by atoms with Crippen LogP contribution < -0.4 is 11.2 Å². The van der Waals surface area contributed by atoms with E-state index in [1.807, 2.05) is 0 Å². The molecule has 0 aromatic carbocycles. The van der Waals surface area contributed by atoms with Gasteiger partial charge in [0.1, 0.15) is 6.10 Å². The van der Waals surface area contributed by atoms with Gasteiger partial charge in [0.2, 0.25) is 0 Å². The van der Waals surface area contributed by atoms with Gasteiger partial charge in [0.15, 0.2) is 6.23 Å². The summed E-state index contributed by atoms with van der Waals surface area (Å²) in [4.78, 5) is 24.6. The van der Waals surface area contributed by atoms with Gasteiger partial charge in [0.25, 0.3) is 5.56 Å². The predicted octanol–water partition coefficient (Wildman–Crippen LogP) is -1.14. The van der Waals surface area contributed by atoms with Crippen molar-refractivity contribution in [2.24, 2.45) is 0 Å². The van der Waals surface area contributed by atoms with Gasteiger partial charge in [-0.15, -0.1) is 0 Å². The van der Waals surface area contributed by atoms with E-state index in [0.29, 0.717) is 5.56 Å². The first kappa shape index (κ1) is 13.5. The van der Waals surface area contributed by atoms with Crippen LogP contribution in [0.4, 0.5) is 0 Å². The molecule has 2 rings (SSSR count). The standard InChI is InChI=1S/C10H13BrN2O5/c1-4-2-13(10(17)12-8(4)16)9-6(11)7(15)5(3-14)18-9/h2,5-7,9,14-15H,3H2,1H3,(H,12,16,17)/t5-,6-,7-,9-/m1/s1. The number of halogens is 1. The molecule has 100 valence electrons. The Morgan fingerprint density at radius 1 is 1.56 bits per heavy atom. The molecule has 4 atom stereocenters. The topological polar surface area (TPSA) is 105 Å². The van der Waals surface area contributed by atoms with Gasteiger partial charge in [0.05, 0.1) is 17.5 Å². The minimum absolute atomic E-state index is 0.350. The molecule has 0 bridgehead atoms. The van der Waals surface area contributed by atoms with Gasteiger partial charge in [-0.25, -0.2) is 4.79 Å². The van der Waals surface area contributed by atoms with Crippen molar-refractivity contribution in [3.8, 4) is 0 Å². The number of rotatable bonds is 2. The van der Waals surface area contributed by atoms with Crippen LogP contribution >= 0.6 is 15.9 Å². The van der Waals surface area contributed by atoms with E-state index >= 15 is 0 Å². The minimum Gasteiger partial charge on any atom is -0.394 e. The number of aliphatic hydroxyl groups is 2. The van der Waals surface area contributed by atoms with Gasteiger partial charge >= 0.3 is 5.69 Å². The van der Waals surface area contributed by atoms with Crippen molar-refractivity contribution >= 4 is 15.9 Å². The Hall–Kier alpha value is -0.960. The van der Waals surface area contributed by atoms with Crippen molar-refractivity contribution in [2.45, 2.75) is 30.2 Å². The zero-order valence-corrected chi connectivity index (χ0v) is 11.1. The van der Waals surface area contributed by atoms with E-state index < -0.39 is 34.5 Å². The van der Waals surface area contributed by atoms with Gasteiger partial charge in [-0.3, -0.25) is 14.3 Å². The second-order valence-electron chi connectivity index (χ2n) is 4.16. The van der Waals surface area contributed by atoms with E-state index in [-0.39, 0.29) is 6.61 Å².